The zero-order valence-corrected chi connectivity index (χ0v) is 12.1. The average Bonchev–Trinajstić information content (AvgIpc) is 2.75. The number of halogens is 3. The van der Waals surface area contributed by atoms with Gasteiger partial charge in [-0.05, 0) is 29.1 Å². The molecule has 0 amide bonds. The second kappa shape index (κ2) is 5.38. The predicted octanol–water partition coefficient (Wildman–Crippen LogP) is 5.03. The number of ether oxygens (including phenoxy) is 1. The highest BCUT2D eigenvalue weighted by Crippen LogP contribution is 2.39. The summed E-state index contributed by atoms with van der Waals surface area (Å²) in [5.41, 5.74) is 0.910. The van der Waals surface area contributed by atoms with Crippen LogP contribution in [0.1, 0.15) is 15.3 Å². The third-order valence-electron chi connectivity index (χ3n) is 2.34. The van der Waals surface area contributed by atoms with Gasteiger partial charge in [-0.3, -0.25) is 0 Å². The first-order chi connectivity index (χ1) is 8.13. The van der Waals surface area contributed by atoms with Gasteiger partial charge in [0.1, 0.15) is 0 Å². The van der Waals surface area contributed by atoms with Gasteiger partial charge < -0.3 is 4.74 Å². The van der Waals surface area contributed by atoms with E-state index in [0.29, 0.717) is 5.02 Å². The van der Waals surface area contributed by atoms with Crippen molar-refractivity contribution in [3.05, 3.63) is 50.9 Å². The van der Waals surface area contributed by atoms with E-state index in [-0.39, 0.29) is 16.4 Å². The van der Waals surface area contributed by atoms with Crippen LogP contribution in [-0.4, -0.2) is 7.11 Å². The number of methoxy groups -OCH3 is 1. The maximum Gasteiger partial charge on any atom is 0.165 e. The van der Waals surface area contributed by atoms with Crippen molar-refractivity contribution in [1.29, 1.82) is 0 Å². The fourth-order valence-electron chi connectivity index (χ4n) is 1.47. The Kier molecular flexibility index (Phi) is 4.07. The van der Waals surface area contributed by atoms with Crippen molar-refractivity contribution >= 4 is 38.9 Å². The molecule has 0 fully saturated rings. The van der Waals surface area contributed by atoms with Crippen molar-refractivity contribution in [3.63, 3.8) is 0 Å². The Balaban J connectivity index is 2.38. The number of hydrogen-bond acceptors (Lipinski definition) is 2. The molecule has 5 heteroatoms. The van der Waals surface area contributed by atoms with Crippen LogP contribution in [0.15, 0.2) is 29.6 Å². The van der Waals surface area contributed by atoms with Crippen molar-refractivity contribution < 1.29 is 9.13 Å². The van der Waals surface area contributed by atoms with Crippen LogP contribution in [-0.2, 0) is 0 Å². The van der Waals surface area contributed by atoms with Crippen molar-refractivity contribution in [2.45, 2.75) is 4.83 Å². The van der Waals surface area contributed by atoms with E-state index in [2.05, 4.69) is 15.9 Å². The van der Waals surface area contributed by atoms with Crippen molar-refractivity contribution in [2.24, 2.45) is 0 Å². The van der Waals surface area contributed by atoms with E-state index in [0.717, 1.165) is 10.4 Å². The van der Waals surface area contributed by atoms with Gasteiger partial charge in [0.25, 0.3) is 0 Å². The van der Waals surface area contributed by atoms with E-state index >= 15 is 0 Å². The molecule has 0 aliphatic rings. The topological polar surface area (TPSA) is 9.23 Å². The van der Waals surface area contributed by atoms with E-state index in [1.54, 1.807) is 23.5 Å². The minimum atomic E-state index is -0.367. The minimum absolute atomic E-state index is 0.0514. The quantitative estimate of drug-likeness (QED) is 0.715. The number of benzene rings is 1. The van der Waals surface area contributed by atoms with E-state index in [4.69, 9.17) is 16.3 Å². The van der Waals surface area contributed by atoms with Gasteiger partial charge in [0.05, 0.1) is 17.0 Å². The largest absolute Gasteiger partial charge is 0.494 e. The highest BCUT2D eigenvalue weighted by atomic mass is 79.9. The third kappa shape index (κ3) is 2.64. The molecule has 1 atom stereocenters. The fraction of sp³-hybridized carbons (Fsp3) is 0.167. The van der Waals surface area contributed by atoms with Gasteiger partial charge in [-0.25, -0.2) is 4.39 Å². The smallest absolute Gasteiger partial charge is 0.165 e. The Hall–Kier alpha value is -0.580. The molecule has 0 bridgehead atoms. The summed E-state index contributed by atoms with van der Waals surface area (Å²) in [7, 11) is 1.45. The summed E-state index contributed by atoms with van der Waals surface area (Å²) in [5, 5.41) is 2.63. The minimum Gasteiger partial charge on any atom is -0.494 e. The van der Waals surface area contributed by atoms with Crippen LogP contribution in [0, 0.1) is 5.82 Å². The molecule has 0 saturated carbocycles. The number of hydrogen-bond donors (Lipinski definition) is 0. The number of thiophene rings is 1. The molecule has 0 N–H and O–H groups in total. The molecule has 0 spiro atoms. The van der Waals surface area contributed by atoms with Gasteiger partial charge in [-0.2, -0.15) is 0 Å². The summed E-state index contributed by atoms with van der Waals surface area (Å²) in [4.78, 5) is 0.949. The molecular weight excluding hydrogens is 327 g/mol. The maximum absolute atomic E-state index is 13.3. The van der Waals surface area contributed by atoms with Crippen LogP contribution in [0.4, 0.5) is 4.39 Å². The highest BCUT2D eigenvalue weighted by molar-refractivity contribution is 9.09. The highest BCUT2D eigenvalue weighted by Gasteiger charge is 2.16. The number of alkyl halides is 1. The molecule has 1 heterocycles. The van der Waals surface area contributed by atoms with E-state index in [1.165, 1.54) is 13.2 Å². The van der Waals surface area contributed by atoms with Crippen LogP contribution < -0.4 is 4.74 Å². The normalized spacial score (nSPS) is 12.5. The number of rotatable bonds is 3. The van der Waals surface area contributed by atoms with Crippen LogP contribution in [0.2, 0.25) is 5.02 Å². The van der Waals surface area contributed by atoms with Crippen LogP contribution >= 0.6 is 38.9 Å². The molecule has 90 valence electrons. The Morgan fingerprint density at radius 3 is 2.76 bits per heavy atom. The first kappa shape index (κ1) is 12.9. The molecule has 1 aromatic carbocycles. The van der Waals surface area contributed by atoms with E-state index < -0.39 is 0 Å². The SMILES string of the molecule is COc1cc(C(Br)c2sccc2Cl)ccc1F. The summed E-state index contributed by atoms with van der Waals surface area (Å²) in [5.74, 6) is -0.132. The summed E-state index contributed by atoms with van der Waals surface area (Å²) in [6.45, 7) is 0. The molecule has 0 radical (unpaired) electrons. The van der Waals surface area contributed by atoms with Crippen LogP contribution in [0.25, 0.3) is 0 Å². The summed E-state index contributed by atoms with van der Waals surface area (Å²) >= 11 is 11.2. The molecular formula is C12H9BrClFOS. The molecule has 1 nitrogen and oxygen atoms in total. The Morgan fingerprint density at radius 1 is 1.41 bits per heavy atom. The summed E-state index contributed by atoms with van der Waals surface area (Å²) in [6.07, 6.45) is 0. The second-order valence-corrected chi connectivity index (χ2v) is 5.66. The summed E-state index contributed by atoms with van der Waals surface area (Å²) < 4.78 is 18.2. The molecule has 1 unspecified atom stereocenters. The van der Waals surface area contributed by atoms with Crippen molar-refractivity contribution in [1.82, 2.24) is 0 Å². The average molecular weight is 336 g/mol. The van der Waals surface area contributed by atoms with Gasteiger partial charge in [0.2, 0.25) is 0 Å². The van der Waals surface area contributed by atoms with Gasteiger partial charge in [0, 0.05) is 4.88 Å². The second-order valence-electron chi connectivity index (χ2n) is 3.39. The zero-order chi connectivity index (χ0) is 12.4. The molecule has 0 aliphatic heterocycles. The molecule has 1 aromatic heterocycles. The lowest BCUT2D eigenvalue weighted by Gasteiger charge is -2.11. The van der Waals surface area contributed by atoms with Crippen LogP contribution in [0.5, 0.6) is 5.75 Å². The Bertz CT molecular complexity index is 529. The van der Waals surface area contributed by atoms with Gasteiger partial charge in [-0.1, -0.05) is 33.6 Å². The van der Waals surface area contributed by atoms with Gasteiger partial charge in [0.15, 0.2) is 11.6 Å². The fourth-order valence-corrected chi connectivity index (χ4v) is 3.63. The molecule has 0 aliphatic carbocycles. The van der Waals surface area contributed by atoms with Gasteiger partial charge >= 0.3 is 0 Å². The van der Waals surface area contributed by atoms with E-state index in [9.17, 15) is 4.39 Å². The lowest BCUT2D eigenvalue weighted by Crippen LogP contribution is -1.94. The standard InChI is InChI=1S/C12H9BrClFOS/c1-16-10-6-7(2-3-9(10)15)11(13)12-8(14)4-5-17-12/h2-6,11H,1H3. The lowest BCUT2D eigenvalue weighted by molar-refractivity contribution is 0.386. The third-order valence-corrected chi connectivity index (χ3v) is 5.06. The van der Waals surface area contributed by atoms with Gasteiger partial charge in [-0.15, -0.1) is 11.3 Å². The monoisotopic (exact) mass is 334 g/mol. The van der Waals surface area contributed by atoms with Crippen LogP contribution in [0.3, 0.4) is 0 Å². The maximum atomic E-state index is 13.3. The lowest BCUT2D eigenvalue weighted by atomic mass is 10.1. The predicted molar refractivity (Wildman–Crippen MR) is 73.1 cm³/mol. The first-order valence-corrected chi connectivity index (χ1v) is 7.01. The molecule has 2 rings (SSSR count). The molecule has 2 aromatic rings. The Morgan fingerprint density at radius 2 is 2.18 bits per heavy atom. The zero-order valence-electron chi connectivity index (χ0n) is 8.91. The first-order valence-electron chi connectivity index (χ1n) is 4.84. The Labute approximate surface area is 116 Å². The van der Waals surface area contributed by atoms with Crippen molar-refractivity contribution in [2.75, 3.05) is 7.11 Å². The van der Waals surface area contributed by atoms with E-state index in [1.807, 2.05) is 11.4 Å². The molecule has 17 heavy (non-hydrogen) atoms. The molecule has 0 saturated heterocycles. The van der Waals surface area contributed by atoms with Crippen molar-refractivity contribution in [3.8, 4) is 5.75 Å². The summed E-state index contributed by atoms with van der Waals surface area (Å²) in [6, 6.07) is 6.62.